The first-order chi connectivity index (χ1) is 14.5. The lowest BCUT2D eigenvalue weighted by molar-refractivity contribution is -0.130. The molecule has 0 unspecified atom stereocenters. The monoisotopic (exact) mass is 411 g/mol. The zero-order valence-corrected chi connectivity index (χ0v) is 17.0. The molecule has 158 valence electrons. The molecule has 0 radical (unpaired) electrons. The Balaban J connectivity index is 1.47. The summed E-state index contributed by atoms with van der Waals surface area (Å²) >= 11 is 0. The van der Waals surface area contributed by atoms with Crippen LogP contribution in [0.25, 0.3) is 0 Å². The van der Waals surface area contributed by atoms with Crippen molar-refractivity contribution < 1.29 is 23.9 Å². The third kappa shape index (κ3) is 5.28. The van der Waals surface area contributed by atoms with Crippen LogP contribution < -0.4 is 20.1 Å². The van der Waals surface area contributed by atoms with Gasteiger partial charge in [0, 0.05) is 13.1 Å². The minimum absolute atomic E-state index is 0.0975. The van der Waals surface area contributed by atoms with Crippen LogP contribution in [0.1, 0.15) is 17.5 Å². The van der Waals surface area contributed by atoms with Gasteiger partial charge in [0.1, 0.15) is 17.5 Å². The highest BCUT2D eigenvalue weighted by Crippen LogP contribution is 2.15. The highest BCUT2D eigenvalue weighted by molar-refractivity contribution is 6.05. The number of carbonyl (C=O) groups excluding carboxylic acids is 3. The summed E-state index contributed by atoms with van der Waals surface area (Å²) in [5.41, 5.74) is 1.89. The summed E-state index contributed by atoms with van der Waals surface area (Å²) in [4.78, 5) is 38.1. The number of hydrogen-bond acceptors (Lipinski definition) is 5. The van der Waals surface area contributed by atoms with E-state index in [1.54, 1.807) is 14.2 Å². The Morgan fingerprint density at radius 3 is 2.10 bits per heavy atom. The quantitative estimate of drug-likeness (QED) is 0.614. The fourth-order valence-electron chi connectivity index (χ4n) is 3.16. The van der Waals surface area contributed by atoms with E-state index in [9.17, 15) is 14.4 Å². The molecule has 1 aliphatic heterocycles. The van der Waals surface area contributed by atoms with Gasteiger partial charge in [0.25, 0.3) is 5.91 Å². The smallest absolute Gasteiger partial charge is 0.324 e. The standard InChI is InChI=1S/C22H25N3O5/c1-29-17-7-3-15(4-8-17)11-12-25-21(27)19(24-22(25)28)13-20(26)23-14-16-5-9-18(30-2)10-6-16/h3-10,19H,11-14H2,1-2H3,(H,23,26)(H,24,28)/t19-/m0/s1. The van der Waals surface area contributed by atoms with Gasteiger partial charge < -0.3 is 20.1 Å². The fourth-order valence-corrected chi connectivity index (χ4v) is 3.16. The molecule has 8 heteroatoms. The van der Waals surface area contributed by atoms with Crippen molar-refractivity contribution in [2.75, 3.05) is 20.8 Å². The predicted octanol–water partition coefficient (Wildman–Crippen LogP) is 1.87. The molecule has 0 saturated carbocycles. The number of methoxy groups -OCH3 is 2. The molecule has 0 spiro atoms. The zero-order valence-electron chi connectivity index (χ0n) is 17.0. The summed E-state index contributed by atoms with van der Waals surface area (Å²) < 4.78 is 10.2. The normalized spacial score (nSPS) is 15.7. The van der Waals surface area contributed by atoms with E-state index in [0.29, 0.717) is 13.0 Å². The Kier molecular flexibility index (Phi) is 6.90. The molecular formula is C22H25N3O5. The van der Waals surface area contributed by atoms with E-state index < -0.39 is 12.1 Å². The Labute approximate surface area is 175 Å². The second-order valence-corrected chi connectivity index (χ2v) is 6.92. The first-order valence-corrected chi connectivity index (χ1v) is 9.64. The summed E-state index contributed by atoms with van der Waals surface area (Å²) in [7, 11) is 3.18. The van der Waals surface area contributed by atoms with Gasteiger partial charge in [0.05, 0.1) is 20.6 Å². The van der Waals surface area contributed by atoms with Crippen LogP contribution in [-0.4, -0.2) is 49.6 Å². The van der Waals surface area contributed by atoms with Crippen LogP contribution in [0.5, 0.6) is 11.5 Å². The lowest BCUT2D eigenvalue weighted by Crippen LogP contribution is -2.36. The van der Waals surface area contributed by atoms with Crippen molar-refractivity contribution in [2.45, 2.75) is 25.4 Å². The van der Waals surface area contributed by atoms with Crippen LogP contribution in [0.15, 0.2) is 48.5 Å². The molecule has 30 heavy (non-hydrogen) atoms. The summed E-state index contributed by atoms with van der Waals surface area (Å²) in [6.45, 7) is 0.583. The first kappa shape index (κ1) is 21.2. The Morgan fingerprint density at radius 2 is 1.53 bits per heavy atom. The lowest BCUT2D eigenvalue weighted by atomic mass is 10.1. The van der Waals surface area contributed by atoms with E-state index in [1.807, 2.05) is 48.5 Å². The van der Waals surface area contributed by atoms with Crippen molar-refractivity contribution in [1.29, 1.82) is 0 Å². The van der Waals surface area contributed by atoms with Gasteiger partial charge in [0.2, 0.25) is 5.91 Å². The maximum atomic E-state index is 12.5. The average Bonchev–Trinajstić information content (AvgIpc) is 3.03. The van der Waals surface area contributed by atoms with Crippen molar-refractivity contribution in [3.8, 4) is 11.5 Å². The van der Waals surface area contributed by atoms with Crippen molar-refractivity contribution >= 4 is 17.8 Å². The molecule has 2 N–H and O–H groups in total. The van der Waals surface area contributed by atoms with Crippen molar-refractivity contribution in [3.63, 3.8) is 0 Å². The second kappa shape index (κ2) is 9.78. The molecule has 0 aromatic heterocycles. The number of carbonyl (C=O) groups is 3. The van der Waals surface area contributed by atoms with Gasteiger partial charge in [-0.3, -0.25) is 14.5 Å². The number of nitrogens with zero attached hydrogens (tertiary/aromatic N) is 1. The minimum Gasteiger partial charge on any atom is -0.497 e. The molecular weight excluding hydrogens is 386 g/mol. The highest BCUT2D eigenvalue weighted by atomic mass is 16.5. The van der Waals surface area contributed by atoms with Gasteiger partial charge in [-0.25, -0.2) is 4.79 Å². The van der Waals surface area contributed by atoms with Gasteiger partial charge in [-0.15, -0.1) is 0 Å². The molecule has 4 amide bonds. The number of nitrogens with one attached hydrogen (secondary N) is 2. The fraction of sp³-hybridized carbons (Fsp3) is 0.318. The number of rotatable bonds is 9. The van der Waals surface area contributed by atoms with Crippen LogP contribution in [-0.2, 0) is 22.6 Å². The predicted molar refractivity (Wildman–Crippen MR) is 110 cm³/mol. The van der Waals surface area contributed by atoms with E-state index in [4.69, 9.17) is 9.47 Å². The van der Waals surface area contributed by atoms with Crippen LogP contribution >= 0.6 is 0 Å². The van der Waals surface area contributed by atoms with Crippen LogP contribution in [0.3, 0.4) is 0 Å². The summed E-state index contributed by atoms with van der Waals surface area (Å²) in [6.07, 6.45) is 0.430. The molecule has 1 atom stereocenters. The molecule has 2 aromatic carbocycles. The zero-order chi connectivity index (χ0) is 21.5. The Bertz CT molecular complexity index is 896. The number of hydrogen-bond donors (Lipinski definition) is 2. The Morgan fingerprint density at radius 1 is 0.967 bits per heavy atom. The molecule has 1 fully saturated rings. The lowest BCUT2D eigenvalue weighted by Gasteiger charge is -2.13. The number of urea groups is 1. The molecule has 3 rings (SSSR count). The van der Waals surface area contributed by atoms with Crippen molar-refractivity contribution in [1.82, 2.24) is 15.5 Å². The molecule has 2 aromatic rings. The van der Waals surface area contributed by atoms with Crippen LogP contribution in [0.2, 0.25) is 0 Å². The molecule has 0 aliphatic carbocycles. The van der Waals surface area contributed by atoms with Crippen molar-refractivity contribution in [2.24, 2.45) is 0 Å². The van der Waals surface area contributed by atoms with E-state index in [-0.39, 0.29) is 24.8 Å². The number of imide groups is 1. The summed E-state index contributed by atoms with van der Waals surface area (Å²) in [5.74, 6) is 0.795. The SMILES string of the molecule is COc1ccc(CCN2C(=O)N[C@@H](CC(=O)NCc3ccc(OC)cc3)C2=O)cc1. The third-order valence-corrected chi connectivity index (χ3v) is 4.93. The van der Waals surface area contributed by atoms with Gasteiger partial charge in [-0.2, -0.15) is 0 Å². The van der Waals surface area contributed by atoms with Gasteiger partial charge in [-0.1, -0.05) is 24.3 Å². The van der Waals surface area contributed by atoms with Gasteiger partial charge in [0.15, 0.2) is 0 Å². The maximum absolute atomic E-state index is 12.5. The van der Waals surface area contributed by atoms with Crippen LogP contribution in [0, 0.1) is 0 Å². The maximum Gasteiger partial charge on any atom is 0.324 e. The number of ether oxygens (including phenoxy) is 2. The average molecular weight is 411 g/mol. The molecule has 0 bridgehead atoms. The van der Waals surface area contributed by atoms with Gasteiger partial charge >= 0.3 is 6.03 Å². The number of benzene rings is 2. The van der Waals surface area contributed by atoms with E-state index in [2.05, 4.69) is 10.6 Å². The Hall–Kier alpha value is -3.55. The minimum atomic E-state index is -0.843. The second-order valence-electron chi connectivity index (χ2n) is 6.92. The van der Waals surface area contributed by atoms with Crippen LogP contribution in [0.4, 0.5) is 4.79 Å². The molecule has 1 aliphatic rings. The van der Waals surface area contributed by atoms with E-state index in [1.165, 1.54) is 0 Å². The van der Waals surface area contributed by atoms with E-state index in [0.717, 1.165) is 27.5 Å². The highest BCUT2D eigenvalue weighted by Gasteiger charge is 2.38. The summed E-state index contributed by atoms with van der Waals surface area (Å²) in [6, 6.07) is 13.4. The van der Waals surface area contributed by atoms with Crippen molar-refractivity contribution in [3.05, 3.63) is 59.7 Å². The third-order valence-electron chi connectivity index (χ3n) is 4.93. The summed E-state index contributed by atoms with van der Waals surface area (Å²) in [5, 5.41) is 5.36. The largest absolute Gasteiger partial charge is 0.497 e. The van der Waals surface area contributed by atoms with E-state index >= 15 is 0 Å². The van der Waals surface area contributed by atoms with Gasteiger partial charge in [-0.05, 0) is 41.8 Å². The molecule has 1 heterocycles. The number of amides is 4. The topological polar surface area (TPSA) is 97.0 Å². The molecule has 8 nitrogen and oxygen atoms in total. The molecule has 1 saturated heterocycles. The first-order valence-electron chi connectivity index (χ1n) is 9.64.